The molecule has 2 saturated heterocycles. The molecule has 142 valence electrons. The second-order valence-corrected chi connectivity index (χ2v) is 7.69. The highest BCUT2D eigenvalue weighted by atomic mass is 35.5. The molecule has 6 heteroatoms. The van der Waals surface area contributed by atoms with Crippen LogP contribution < -0.4 is 10.1 Å². The molecule has 0 aromatic heterocycles. The first-order valence-corrected chi connectivity index (χ1v) is 9.71. The summed E-state index contributed by atoms with van der Waals surface area (Å²) in [5, 5.41) is 4.01. The third-order valence-corrected chi connectivity index (χ3v) is 5.78. The number of nitrogens with one attached hydrogen (secondary N) is 1. The number of carbonyl (C=O) groups excluding carboxylic acids is 1. The van der Waals surface area contributed by atoms with Crippen LogP contribution in [0.3, 0.4) is 0 Å². The van der Waals surface area contributed by atoms with Gasteiger partial charge in [0.2, 0.25) is 0 Å². The molecule has 0 saturated carbocycles. The Kier molecular flexibility index (Phi) is 5.32. The van der Waals surface area contributed by atoms with Crippen molar-refractivity contribution in [3.05, 3.63) is 58.9 Å². The van der Waals surface area contributed by atoms with Crippen LogP contribution >= 0.6 is 11.6 Å². The van der Waals surface area contributed by atoms with Crippen molar-refractivity contribution >= 4 is 17.5 Å². The van der Waals surface area contributed by atoms with Gasteiger partial charge >= 0.3 is 0 Å². The van der Waals surface area contributed by atoms with Gasteiger partial charge in [-0.05, 0) is 80.2 Å². The molecule has 1 amide bonds. The molecule has 2 atom stereocenters. The molecule has 4 rings (SSSR count). The highest BCUT2D eigenvalue weighted by Crippen LogP contribution is 2.29. The van der Waals surface area contributed by atoms with Gasteiger partial charge in [0, 0.05) is 23.7 Å². The van der Waals surface area contributed by atoms with Crippen LogP contribution in [0.5, 0.6) is 11.5 Å². The molecular formula is C21H22ClFN2O2. The third kappa shape index (κ3) is 4.09. The lowest BCUT2D eigenvalue weighted by Gasteiger charge is -2.21. The summed E-state index contributed by atoms with van der Waals surface area (Å²) < 4.78 is 20.0. The minimum absolute atomic E-state index is 0.0883. The number of hydrogen-bond acceptors (Lipinski definition) is 3. The van der Waals surface area contributed by atoms with Crippen molar-refractivity contribution in [2.24, 2.45) is 11.8 Å². The number of nitrogens with zero attached hydrogens (tertiary/aromatic N) is 1. The Morgan fingerprint density at radius 1 is 1.07 bits per heavy atom. The molecule has 2 aromatic carbocycles. The molecule has 1 N–H and O–H groups in total. The van der Waals surface area contributed by atoms with E-state index in [2.05, 4.69) is 5.32 Å². The van der Waals surface area contributed by atoms with Crippen LogP contribution in [0.15, 0.2) is 42.5 Å². The van der Waals surface area contributed by atoms with Gasteiger partial charge in [-0.15, -0.1) is 0 Å². The molecule has 4 nitrogen and oxygen atoms in total. The summed E-state index contributed by atoms with van der Waals surface area (Å²) in [7, 11) is 0. The van der Waals surface area contributed by atoms with Gasteiger partial charge in [-0.1, -0.05) is 11.6 Å². The van der Waals surface area contributed by atoms with Crippen LogP contribution in [-0.4, -0.2) is 37.0 Å². The summed E-state index contributed by atoms with van der Waals surface area (Å²) in [6, 6.07) is 11.1. The van der Waals surface area contributed by atoms with E-state index in [9.17, 15) is 9.18 Å². The van der Waals surface area contributed by atoms with E-state index in [4.69, 9.17) is 16.3 Å². The Balaban J connectivity index is 1.45. The molecule has 0 unspecified atom stereocenters. The lowest BCUT2D eigenvalue weighted by atomic mass is 9.92. The Bertz CT molecular complexity index is 813. The van der Waals surface area contributed by atoms with Crippen LogP contribution in [0.4, 0.5) is 4.39 Å². The first-order chi connectivity index (χ1) is 13.1. The molecule has 0 aliphatic carbocycles. The Morgan fingerprint density at radius 2 is 1.74 bits per heavy atom. The predicted octanol–water partition coefficient (Wildman–Crippen LogP) is 4.34. The molecule has 2 aliphatic heterocycles. The summed E-state index contributed by atoms with van der Waals surface area (Å²) in [6.07, 6.45) is 2.01. The molecule has 0 spiro atoms. The van der Waals surface area contributed by atoms with Gasteiger partial charge in [0.05, 0.1) is 0 Å². The van der Waals surface area contributed by atoms with Gasteiger partial charge in [0.25, 0.3) is 5.91 Å². The van der Waals surface area contributed by atoms with Gasteiger partial charge in [-0.25, -0.2) is 4.39 Å². The summed E-state index contributed by atoms with van der Waals surface area (Å²) in [5.74, 6) is 1.21. The second-order valence-electron chi connectivity index (χ2n) is 7.25. The van der Waals surface area contributed by atoms with Crippen molar-refractivity contribution < 1.29 is 13.9 Å². The third-order valence-electron chi connectivity index (χ3n) is 5.53. The van der Waals surface area contributed by atoms with Crippen molar-refractivity contribution in [3.8, 4) is 11.5 Å². The number of amides is 1. The number of rotatable bonds is 3. The van der Waals surface area contributed by atoms with Gasteiger partial charge in [0.15, 0.2) is 11.6 Å². The zero-order chi connectivity index (χ0) is 18.8. The minimum atomic E-state index is -0.549. The van der Waals surface area contributed by atoms with Crippen molar-refractivity contribution in [3.63, 3.8) is 0 Å². The molecule has 2 fully saturated rings. The molecular weight excluding hydrogens is 367 g/mol. The first kappa shape index (κ1) is 18.3. The van der Waals surface area contributed by atoms with Crippen molar-refractivity contribution in [2.45, 2.75) is 12.8 Å². The van der Waals surface area contributed by atoms with Gasteiger partial charge in [0.1, 0.15) is 5.75 Å². The SMILES string of the molecule is O=C(c1ccc(Oc2ccc(Cl)cc2)c(F)c1)N1CC[C@@H]2CNC[C@@H]2CC1. The maximum atomic E-state index is 14.5. The summed E-state index contributed by atoms with van der Waals surface area (Å²) in [6.45, 7) is 3.54. The Labute approximate surface area is 163 Å². The summed E-state index contributed by atoms with van der Waals surface area (Å²) >= 11 is 5.84. The number of fused-ring (bicyclic) bond motifs is 1. The lowest BCUT2D eigenvalue weighted by Crippen LogP contribution is -2.32. The lowest BCUT2D eigenvalue weighted by molar-refractivity contribution is 0.0758. The average Bonchev–Trinajstić information content (AvgIpc) is 3.03. The van der Waals surface area contributed by atoms with E-state index in [1.807, 2.05) is 4.90 Å². The number of benzene rings is 2. The number of hydrogen-bond donors (Lipinski definition) is 1. The monoisotopic (exact) mass is 388 g/mol. The Hall–Kier alpha value is -2.11. The highest BCUT2D eigenvalue weighted by Gasteiger charge is 2.31. The van der Waals surface area contributed by atoms with E-state index in [0.717, 1.165) is 39.0 Å². The van der Waals surface area contributed by atoms with E-state index in [1.54, 1.807) is 30.3 Å². The van der Waals surface area contributed by atoms with Crippen molar-refractivity contribution in [2.75, 3.05) is 26.2 Å². The van der Waals surface area contributed by atoms with Gasteiger partial charge in [-0.2, -0.15) is 0 Å². The number of halogens is 2. The standard InChI is InChI=1S/C21H22ClFN2O2/c22-17-2-4-18(5-3-17)27-20-6-1-14(11-19(20)23)21(26)25-9-7-15-12-24-13-16(15)8-10-25/h1-6,11,15-16,24H,7-10,12-13H2/t15-,16+. The fourth-order valence-corrected chi connectivity index (χ4v) is 4.08. The number of likely N-dealkylation sites (tertiary alicyclic amines) is 1. The zero-order valence-corrected chi connectivity index (χ0v) is 15.7. The maximum absolute atomic E-state index is 14.5. The van der Waals surface area contributed by atoms with Crippen molar-refractivity contribution in [1.29, 1.82) is 0 Å². The van der Waals surface area contributed by atoms with Crippen LogP contribution in [0.2, 0.25) is 5.02 Å². The average molecular weight is 389 g/mol. The molecule has 2 aliphatic rings. The largest absolute Gasteiger partial charge is 0.454 e. The van der Waals surface area contributed by atoms with E-state index in [1.165, 1.54) is 12.1 Å². The zero-order valence-electron chi connectivity index (χ0n) is 15.0. The predicted molar refractivity (Wildman–Crippen MR) is 103 cm³/mol. The summed E-state index contributed by atoms with van der Waals surface area (Å²) in [4.78, 5) is 14.7. The fourth-order valence-electron chi connectivity index (χ4n) is 3.95. The molecule has 2 aromatic rings. The molecule has 27 heavy (non-hydrogen) atoms. The normalized spacial score (nSPS) is 22.2. The smallest absolute Gasteiger partial charge is 0.253 e. The van der Waals surface area contributed by atoms with Crippen LogP contribution in [-0.2, 0) is 0 Å². The number of carbonyl (C=O) groups is 1. The maximum Gasteiger partial charge on any atom is 0.253 e. The highest BCUT2D eigenvalue weighted by molar-refractivity contribution is 6.30. The molecule has 2 heterocycles. The van der Waals surface area contributed by atoms with E-state index < -0.39 is 5.82 Å². The minimum Gasteiger partial charge on any atom is -0.454 e. The van der Waals surface area contributed by atoms with Gasteiger partial charge < -0.3 is 15.0 Å². The van der Waals surface area contributed by atoms with E-state index >= 15 is 0 Å². The molecule has 0 bridgehead atoms. The Morgan fingerprint density at radius 3 is 2.37 bits per heavy atom. The van der Waals surface area contributed by atoms with Gasteiger partial charge in [-0.3, -0.25) is 4.79 Å². The fraction of sp³-hybridized carbons (Fsp3) is 0.381. The van der Waals surface area contributed by atoms with E-state index in [0.29, 0.717) is 28.2 Å². The van der Waals surface area contributed by atoms with Crippen molar-refractivity contribution in [1.82, 2.24) is 10.2 Å². The first-order valence-electron chi connectivity index (χ1n) is 9.33. The molecule has 0 radical (unpaired) electrons. The topological polar surface area (TPSA) is 41.6 Å². The number of ether oxygens (including phenoxy) is 1. The van der Waals surface area contributed by atoms with Crippen LogP contribution in [0.1, 0.15) is 23.2 Å². The quantitative estimate of drug-likeness (QED) is 0.850. The van der Waals surface area contributed by atoms with E-state index in [-0.39, 0.29) is 11.7 Å². The van der Waals surface area contributed by atoms with Crippen LogP contribution in [0, 0.1) is 17.7 Å². The summed E-state index contributed by atoms with van der Waals surface area (Å²) in [5.41, 5.74) is 0.362. The van der Waals surface area contributed by atoms with Crippen LogP contribution in [0.25, 0.3) is 0 Å². The second kappa shape index (κ2) is 7.87.